The third-order valence-electron chi connectivity index (χ3n) is 7.99. The summed E-state index contributed by atoms with van der Waals surface area (Å²) >= 11 is 1.87. The lowest BCUT2D eigenvalue weighted by molar-refractivity contribution is 1.01. The number of aryl methyl sites for hydroxylation is 1. The molecule has 40 heavy (non-hydrogen) atoms. The molecular weight excluding hydrogens is 504 g/mol. The van der Waals surface area contributed by atoms with Crippen LogP contribution in [-0.4, -0.2) is 4.57 Å². The first-order chi connectivity index (χ1) is 19.8. The largest absolute Gasteiger partial charge is 0.344 e. The third-order valence-corrected chi connectivity index (χ3v) is 9.20. The molecule has 2 nitrogen and oxygen atoms in total. The number of aromatic nitrogens is 1. The van der Waals surface area contributed by atoms with Crippen molar-refractivity contribution in [2.45, 2.75) is 0 Å². The normalized spacial score (nSPS) is 11.6. The molecule has 0 saturated carbocycles. The second-order valence-corrected chi connectivity index (χ2v) is 11.3. The smallest absolute Gasteiger partial charge is 0.0640 e. The number of fused-ring (bicyclic) bond motifs is 6. The van der Waals surface area contributed by atoms with Gasteiger partial charge in [-0.1, -0.05) is 84.9 Å². The number of benzene rings is 6. The molecule has 0 unspecified atom stereocenters. The lowest BCUT2D eigenvalue weighted by atomic mass is 10.0. The Hall–Kier alpha value is -4.86. The van der Waals surface area contributed by atoms with E-state index >= 15 is 0 Å². The van der Waals surface area contributed by atoms with Gasteiger partial charge in [0.2, 0.25) is 0 Å². The SMILES string of the molecule is Cn1c2ccccc2c2cc(-c3cccc(N(c4ccccc4)c4cccc5c4sc4ccccc45)c3)ccc21. The number of nitrogens with zero attached hydrogens (tertiary/aromatic N) is 2. The van der Waals surface area contributed by atoms with Gasteiger partial charge >= 0.3 is 0 Å². The fraction of sp³-hybridized carbons (Fsp3) is 0.0270. The second kappa shape index (κ2) is 9.11. The third kappa shape index (κ3) is 3.55. The number of para-hydroxylation sites is 2. The summed E-state index contributed by atoms with van der Waals surface area (Å²) in [4.78, 5) is 2.40. The maximum Gasteiger partial charge on any atom is 0.0640 e. The van der Waals surface area contributed by atoms with Gasteiger partial charge in [0.25, 0.3) is 0 Å². The molecule has 0 fully saturated rings. The van der Waals surface area contributed by atoms with Gasteiger partial charge in [0.15, 0.2) is 0 Å². The Morgan fingerprint density at radius 1 is 0.500 bits per heavy atom. The van der Waals surface area contributed by atoms with E-state index in [1.54, 1.807) is 0 Å². The van der Waals surface area contributed by atoms with Crippen molar-refractivity contribution in [2.75, 3.05) is 4.90 Å². The minimum absolute atomic E-state index is 1.15. The number of thiophene rings is 1. The molecule has 8 aromatic rings. The standard InChI is InChI=1S/C37H26N2S/c1-38-33-18-7-5-15-29(33)32-24-26(21-22-34(32)38)25-11-9-14-28(23-25)39(27-12-3-2-4-13-27)35-19-10-17-31-30-16-6-8-20-36(30)40-37(31)35/h2-24H,1H3. The van der Waals surface area contributed by atoms with Gasteiger partial charge in [-0.15, -0.1) is 11.3 Å². The lowest BCUT2D eigenvalue weighted by Gasteiger charge is -2.26. The van der Waals surface area contributed by atoms with Crippen LogP contribution in [0.25, 0.3) is 53.1 Å². The van der Waals surface area contributed by atoms with Crippen molar-refractivity contribution in [3.63, 3.8) is 0 Å². The average molecular weight is 531 g/mol. The monoisotopic (exact) mass is 530 g/mol. The van der Waals surface area contributed by atoms with E-state index in [4.69, 9.17) is 0 Å². The first kappa shape index (κ1) is 23.1. The summed E-state index contributed by atoms with van der Waals surface area (Å²) in [5.41, 5.74) is 8.43. The zero-order valence-electron chi connectivity index (χ0n) is 22.1. The highest BCUT2D eigenvalue weighted by Gasteiger charge is 2.18. The van der Waals surface area contributed by atoms with Crippen LogP contribution in [0, 0.1) is 0 Å². The van der Waals surface area contributed by atoms with Crippen LogP contribution in [0.5, 0.6) is 0 Å². The predicted molar refractivity (Wildman–Crippen MR) is 173 cm³/mol. The Labute approximate surface area is 237 Å². The molecule has 0 saturated heterocycles. The Morgan fingerprint density at radius 3 is 2.08 bits per heavy atom. The van der Waals surface area contributed by atoms with Crippen LogP contribution >= 0.6 is 11.3 Å². The van der Waals surface area contributed by atoms with Crippen LogP contribution in [0.4, 0.5) is 17.1 Å². The summed E-state index contributed by atoms with van der Waals surface area (Å²) in [7, 11) is 2.15. The molecule has 0 bridgehead atoms. The van der Waals surface area contributed by atoms with Crippen LogP contribution in [0.3, 0.4) is 0 Å². The molecule has 0 amide bonds. The van der Waals surface area contributed by atoms with Crippen molar-refractivity contribution in [3.8, 4) is 11.1 Å². The van der Waals surface area contributed by atoms with Crippen LogP contribution in [0.15, 0.2) is 140 Å². The van der Waals surface area contributed by atoms with Gasteiger partial charge in [-0.2, -0.15) is 0 Å². The highest BCUT2D eigenvalue weighted by molar-refractivity contribution is 7.26. The predicted octanol–water partition coefficient (Wildman–Crippen LogP) is 10.8. The van der Waals surface area contributed by atoms with E-state index in [-0.39, 0.29) is 0 Å². The zero-order valence-corrected chi connectivity index (χ0v) is 22.9. The van der Waals surface area contributed by atoms with Crippen molar-refractivity contribution >= 4 is 70.4 Å². The van der Waals surface area contributed by atoms with E-state index in [0.29, 0.717) is 0 Å². The van der Waals surface area contributed by atoms with Crippen LogP contribution in [-0.2, 0) is 7.05 Å². The topological polar surface area (TPSA) is 8.17 Å². The summed E-state index contributed by atoms with van der Waals surface area (Å²) in [5, 5.41) is 5.20. The number of hydrogen-bond donors (Lipinski definition) is 0. The molecule has 0 atom stereocenters. The summed E-state index contributed by atoms with van der Waals surface area (Å²) in [6.07, 6.45) is 0. The van der Waals surface area contributed by atoms with Gasteiger partial charge in [-0.25, -0.2) is 0 Å². The number of anilines is 3. The molecule has 0 spiro atoms. The van der Waals surface area contributed by atoms with Gasteiger partial charge in [0, 0.05) is 55.7 Å². The minimum atomic E-state index is 1.15. The highest BCUT2D eigenvalue weighted by Crippen LogP contribution is 2.45. The zero-order chi connectivity index (χ0) is 26.6. The fourth-order valence-corrected chi connectivity index (χ4v) is 7.29. The van der Waals surface area contributed by atoms with Gasteiger partial charge in [-0.3, -0.25) is 0 Å². The molecule has 2 heterocycles. The lowest BCUT2D eigenvalue weighted by Crippen LogP contribution is -2.10. The molecule has 0 aliphatic carbocycles. The first-order valence-corrected chi connectivity index (χ1v) is 14.4. The highest BCUT2D eigenvalue weighted by atomic mass is 32.1. The van der Waals surface area contributed by atoms with Crippen LogP contribution in [0.2, 0.25) is 0 Å². The van der Waals surface area contributed by atoms with E-state index in [9.17, 15) is 0 Å². The van der Waals surface area contributed by atoms with Gasteiger partial charge < -0.3 is 9.47 Å². The summed E-state index contributed by atoms with van der Waals surface area (Å²) in [5.74, 6) is 0. The Morgan fingerprint density at radius 2 is 1.18 bits per heavy atom. The molecule has 190 valence electrons. The van der Waals surface area contributed by atoms with Crippen molar-refractivity contribution in [1.82, 2.24) is 4.57 Å². The molecule has 6 aromatic carbocycles. The second-order valence-electron chi connectivity index (χ2n) is 10.3. The van der Waals surface area contributed by atoms with E-state index in [2.05, 4.69) is 156 Å². The van der Waals surface area contributed by atoms with Crippen molar-refractivity contribution in [2.24, 2.45) is 7.05 Å². The molecule has 8 rings (SSSR count). The summed E-state index contributed by atoms with van der Waals surface area (Å²) < 4.78 is 4.90. The molecule has 0 aliphatic heterocycles. The van der Waals surface area contributed by atoms with Crippen molar-refractivity contribution < 1.29 is 0 Å². The molecule has 0 aliphatic rings. The molecule has 0 radical (unpaired) electrons. The first-order valence-electron chi connectivity index (χ1n) is 13.6. The molecule has 0 N–H and O–H groups in total. The maximum atomic E-state index is 2.40. The quantitative estimate of drug-likeness (QED) is 0.220. The van der Waals surface area contributed by atoms with E-state index in [1.807, 2.05) is 11.3 Å². The fourth-order valence-electron chi connectivity index (χ4n) is 6.08. The van der Waals surface area contributed by atoms with Crippen LogP contribution < -0.4 is 4.90 Å². The number of hydrogen-bond acceptors (Lipinski definition) is 2. The minimum Gasteiger partial charge on any atom is -0.344 e. The van der Waals surface area contributed by atoms with Crippen molar-refractivity contribution in [3.05, 3.63) is 140 Å². The Balaban J connectivity index is 1.32. The average Bonchev–Trinajstić information content (AvgIpc) is 3.54. The molecular formula is C37H26N2S. The van der Waals surface area contributed by atoms with E-state index in [0.717, 1.165) is 11.4 Å². The van der Waals surface area contributed by atoms with Gasteiger partial charge in [0.1, 0.15) is 0 Å². The summed E-state index contributed by atoms with van der Waals surface area (Å²) in [6.45, 7) is 0. The Bertz CT molecular complexity index is 2190. The van der Waals surface area contributed by atoms with Crippen molar-refractivity contribution in [1.29, 1.82) is 0 Å². The van der Waals surface area contributed by atoms with Gasteiger partial charge in [0.05, 0.1) is 10.4 Å². The Kier molecular flexibility index (Phi) is 5.26. The van der Waals surface area contributed by atoms with E-state index < -0.39 is 0 Å². The molecule has 3 heteroatoms. The van der Waals surface area contributed by atoms with E-state index in [1.165, 1.54) is 58.8 Å². The maximum absolute atomic E-state index is 2.40. The van der Waals surface area contributed by atoms with Crippen LogP contribution in [0.1, 0.15) is 0 Å². The summed E-state index contributed by atoms with van der Waals surface area (Å²) in [6, 6.07) is 50.6. The van der Waals surface area contributed by atoms with Gasteiger partial charge in [-0.05, 0) is 65.7 Å². The molecule has 2 aromatic heterocycles. The number of rotatable bonds is 4.